The van der Waals surface area contributed by atoms with Gasteiger partial charge in [-0.1, -0.05) is 50.3 Å². The van der Waals surface area contributed by atoms with Crippen LogP contribution in [0.1, 0.15) is 32.1 Å². The van der Waals surface area contributed by atoms with Gasteiger partial charge in [0.25, 0.3) is 0 Å². The molecular formula is C12H18OSi. The van der Waals surface area contributed by atoms with E-state index in [2.05, 4.69) is 12.1 Å². The maximum atomic E-state index is 5.88. The molecule has 76 valence electrons. The van der Waals surface area contributed by atoms with E-state index in [4.69, 9.17) is 4.43 Å². The van der Waals surface area contributed by atoms with Gasteiger partial charge in [-0.05, 0) is 17.7 Å². The van der Waals surface area contributed by atoms with Gasteiger partial charge in [0.15, 0.2) is 0 Å². The first-order chi connectivity index (χ1) is 6.95. The summed E-state index contributed by atoms with van der Waals surface area (Å²) in [4.78, 5) is 0. The normalized spacial score (nSPS) is 18.9. The average molecular weight is 206 g/mol. The standard InChI is InChI=1S/C12H18OSi/c1-3-7-11(8-4-1)13-14-12-9-5-2-6-10-12/h1,3-4,7-8,12H,2,5-6,9-10,14H2. The summed E-state index contributed by atoms with van der Waals surface area (Å²) in [5, 5.41) is 0. The lowest BCUT2D eigenvalue weighted by Gasteiger charge is -2.20. The van der Waals surface area contributed by atoms with E-state index in [0.717, 1.165) is 11.3 Å². The first kappa shape index (κ1) is 9.78. The van der Waals surface area contributed by atoms with E-state index in [-0.39, 0.29) is 9.76 Å². The van der Waals surface area contributed by atoms with Crippen molar-refractivity contribution in [1.82, 2.24) is 0 Å². The summed E-state index contributed by atoms with van der Waals surface area (Å²) in [5.41, 5.74) is 0.934. The fraction of sp³-hybridized carbons (Fsp3) is 0.500. The molecule has 0 saturated heterocycles. The second kappa shape index (κ2) is 5.20. The number of hydrogen-bond acceptors (Lipinski definition) is 1. The second-order valence-electron chi connectivity index (χ2n) is 4.13. The highest BCUT2D eigenvalue weighted by molar-refractivity contribution is 6.30. The van der Waals surface area contributed by atoms with E-state index >= 15 is 0 Å². The van der Waals surface area contributed by atoms with Crippen molar-refractivity contribution in [3.8, 4) is 5.75 Å². The van der Waals surface area contributed by atoms with Crippen molar-refractivity contribution >= 4 is 9.76 Å². The van der Waals surface area contributed by atoms with Crippen LogP contribution in [0.4, 0.5) is 0 Å². The molecule has 0 unspecified atom stereocenters. The predicted molar refractivity (Wildman–Crippen MR) is 62.4 cm³/mol. The van der Waals surface area contributed by atoms with E-state index in [1.54, 1.807) is 0 Å². The van der Waals surface area contributed by atoms with Gasteiger partial charge in [0.1, 0.15) is 5.75 Å². The monoisotopic (exact) mass is 206 g/mol. The molecule has 0 spiro atoms. The Morgan fingerprint density at radius 1 is 1.00 bits per heavy atom. The smallest absolute Gasteiger partial charge is 0.222 e. The van der Waals surface area contributed by atoms with E-state index in [1.165, 1.54) is 32.1 Å². The maximum Gasteiger partial charge on any atom is 0.222 e. The van der Waals surface area contributed by atoms with Gasteiger partial charge in [0, 0.05) is 0 Å². The third-order valence-electron chi connectivity index (χ3n) is 2.95. The van der Waals surface area contributed by atoms with Gasteiger partial charge in [-0.2, -0.15) is 0 Å². The van der Waals surface area contributed by atoms with Crippen LogP contribution in [0.15, 0.2) is 30.3 Å². The molecule has 1 aromatic rings. The van der Waals surface area contributed by atoms with Crippen LogP contribution in [0.25, 0.3) is 0 Å². The summed E-state index contributed by atoms with van der Waals surface area (Å²) in [7, 11) is -0.333. The third kappa shape index (κ3) is 2.88. The Hall–Kier alpha value is -0.763. The van der Waals surface area contributed by atoms with E-state index in [0.29, 0.717) is 0 Å². The number of hydrogen-bond donors (Lipinski definition) is 0. The molecule has 0 heterocycles. The van der Waals surface area contributed by atoms with Crippen molar-refractivity contribution in [2.24, 2.45) is 0 Å². The Morgan fingerprint density at radius 3 is 2.43 bits per heavy atom. The van der Waals surface area contributed by atoms with Gasteiger partial charge in [0.05, 0.1) is 0 Å². The predicted octanol–water partition coefficient (Wildman–Crippen LogP) is 2.90. The van der Waals surface area contributed by atoms with Gasteiger partial charge < -0.3 is 4.43 Å². The van der Waals surface area contributed by atoms with Crippen molar-refractivity contribution in [3.05, 3.63) is 30.3 Å². The molecular weight excluding hydrogens is 188 g/mol. The summed E-state index contributed by atoms with van der Waals surface area (Å²) in [6, 6.07) is 10.3. The van der Waals surface area contributed by atoms with E-state index in [9.17, 15) is 0 Å². The Bertz CT molecular complexity index is 254. The average Bonchev–Trinajstić information content (AvgIpc) is 2.29. The summed E-state index contributed by atoms with van der Waals surface area (Å²) >= 11 is 0. The molecule has 1 saturated carbocycles. The van der Waals surface area contributed by atoms with Crippen LogP contribution in [0.5, 0.6) is 5.75 Å². The fourth-order valence-electron chi connectivity index (χ4n) is 2.08. The minimum atomic E-state index is -0.333. The van der Waals surface area contributed by atoms with Crippen LogP contribution in [-0.4, -0.2) is 9.76 Å². The van der Waals surface area contributed by atoms with Crippen molar-refractivity contribution < 1.29 is 4.43 Å². The Morgan fingerprint density at radius 2 is 1.71 bits per heavy atom. The van der Waals surface area contributed by atoms with Gasteiger partial charge >= 0.3 is 0 Å². The SMILES string of the molecule is c1ccc(O[SiH2]C2CCCCC2)cc1. The van der Waals surface area contributed by atoms with Gasteiger partial charge in [-0.25, -0.2) is 0 Å². The molecule has 1 aromatic carbocycles. The lowest BCUT2D eigenvalue weighted by atomic mass is 10.0. The molecule has 0 atom stereocenters. The number of rotatable bonds is 3. The molecule has 0 bridgehead atoms. The molecule has 1 fully saturated rings. The summed E-state index contributed by atoms with van der Waals surface area (Å²) in [5.74, 6) is 1.07. The maximum absolute atomic E-state index is 5.88. The Labute approximate surface area is 88.4 Å². The highest BCUT2D eigenvalue weighted by Gasteiger charge is 2.14. The van der Waals surface area contributed by atoms with Crippen LogP contribution < -0.4 is 4.43 Å². The van der Waals surface area contributed by atoms with Crippen molar-refractivity contribution in [1.29, 1.82) is 0 Å². The Balaban J connectivity index is 1.76. The van der Waals surface area contributed by atoms with Gasteiger partial charge in [-0.3, -0.25) is 0 Å². The van der Waals surface area contributed by atoms with Crippen LogP contribution >= 0.6 is 0 Å². The largest absolute Gasteiger partial charge is 0.549 e. The van der Waals surface area contributed by atoms with Crippen molar-refractivity contribution in [2.45, 2.75) is 37.6 Å². The molecule has 0 radical (unpaired) electrons. The van der Waals surface area contributed by atoms with Crippen LogP contribution in [0.3, 0.4) is 0 Å². The lowest BCUT2D eigenvalue weighted by Crippen LogP contribution is -2.14. The molecule has 2 rings (SSSR count). The quantitative estimate of drug-likeness (QED) is 0.691. The molecule has 0 N–H and O–H groups in total. The summed E-state index contributed by atoms with van der Waals surface area (Å²) in [6.45, 7) is 0. The molecule has 0 amide bonds. The third-order valence-corrected chi connectivity index (χ3v) is 4.74. The number of para-hydroxylation sites is 1. The van der Waals surface area contributed by atoms with Crippen molar-refractivity contribution in [2.75, 3.05) is 0 Å². The molecule has 0 aliphatic heterocycles. The second-order valence-corrected chi connectivity index (χ2v) is 5.90. The van der Waals surface area contributed by atoms with Crippen LogP contribution in [0, 0.1) is 0 Å². The summed E-state index contributed by atoms with van der Waals surface area (Å²) in [6.07, 6.45) is 7.12. The highest BCUT2D eigenvalue weighted by Crippen LogP contribution is 2.28. The molecule has 2 heteroatoms. The van der Waals surface area contributed by atoms with Crippen LogP contribution in [-0.2, 0) is 0 Å². The zero-order chi connectivity index (χ0) is 9.64. The van der Waals surface area contributed by atoms with E-state index in [1.807, 2.05) is 18.2 Å². The molecule has 14 heavy (non-hydrogen) atoms. The Kier molecular flexibility index (Phi) is 3.63. The molecule has 0 aromatic heterocycles. The highest BCUT2D eigenvalue weighted by atomic mass is 28.2. The topological polar surface area (TPSA) is 9.23 Å². The molecule has 1 aliphatic carbocycles. The number of benzene rings is 1. The van der Waals surface area contributed by atoms with Gasteiger partial charge in [0.2, 0.25) is 9.76 Å². The zero-order valence-electron chi connectivity index (χ0n) is 8.61. The summed E-state index contributed by atoms with van der Waals surface area (Å²) < 4.78 is 5.88. The fourth-order valence-corrected chi connectivity index (χ4v) is 3.62. The molecule has 1 nitrogen and oxygen atoms in total. The lowest BCUT2D eigenvalue weighted by molar-refractivity contribution is 0.467. The van der Waals surface area contributed by atoms with Crippen LogP contribution in [0.2, 0.25) is 5.54 Å². The minimum absolute atomic E-state index is 0.333. The molecule has 1 aliphatic rings. The first-order valence-corrected chi connectivity index (χ1v) is 7.02. The van der Waals surface area contributed by atoms with Gasteiger partial charge in [-0.15, -0.1) is 0 Å². The van der Waals surface area contributed by atoms with Crippen molar-refractivity contribution in [3.63, 3.8) is 0 Å². The zero-order valence-corrected chi connectivity index (χ0v) is 10.0. The minimum Gasteiger partial charge on any atom is -0.549 e. The van der Waals surface area contributed by atoms with E-state index < -0.39 is 0 Å². The first-order valence-electron chi connectivity index (χ1n) is 5.63.